The molecule has 0 saturated carbocycles. The lowest BCUT2D eigenvalue weighted by molar-refractivity contribution is 0.316. The average Bonchev–Trinajstić information content (AvgIpc) is 2.99. The third-order valence-electron chi connectivity index (χ3n) is 6.84. The molecule has 4 heteroatoms. The third-order valence-corrected chi connectivity index (χ3v) is 8.77. The van der Waals surface area contributed by atoms with Gasteiger partial charge in [-0.15, -0.1) is 0 Å². The Balaban J connectivity index is 1.07. The van der Waals surface area contributed by atoms with Crippen molar-refractivity contribution in [3.05, 3.63) is 144 Å². The van der Waals surface area contributed by atoms with Gasteiger partial charge in [-0.1, -0.05) is 134 Å². The van der Waals surface area contributed by atoms with E-state index in [1.165, 1.54) is 35.1 Å². The Hall–Kier alpha value is -2.77. The number of rotatable bonds is 17. The second-order valence-corrected chi connectivity index (χ2v) is 11.7. The zero-order valence-corrected chi connectivity index (χ0v) is 24.2. The van der Waals surface area contributed by atoms with Crippen LogP contribution < -0.4 is 0 Å². The van der Waals surface area contributed by atoms with Gasteiger partial charge >= 0.3 is 0 Å². The van der Waals surface area contributed by atoms with Crippen LogP contribution in [0.1, 0.15) is 59.8 Å². The summed E-state index contributed by atoms with van der Waals surface area (Å²) in [6.07, 6.45) is 4.46. The van der Waals surface area contributed by atoms with Crippen LogP contribution in [0.5, 0.6) is 0 Å². The van der Waals surface area contributed by atoms with Crippen molar-refractivity contribution < 1.29 is 8.85 Å². The fourth-order valence-corrected chi connectivity index (χ4v) is 6.43. The average molecular weight is 535 g/mol. The summed E-state index contributed by atoms with van der Waals surface area (Å²) in [5.41, 5.74) is 5.46. The van der Waals surface area contributed by atoms with E-state index in [0.29, 0.717) is 31.4 Å². The molecule has 0 aliphatic carbocycles. The molecule has 2 nitrogen and oxygen atoms in total. The maximum Gasteiger partial charge on any atom is 0.229 e. The van der Waals surface area contributed by atoms with Crippen LogP contribution in [0.4, 0.5) is 0 Å². The molecule has 0 spiro atoms. The molecule has 4 radical (unpaired) electrons. The van der Waals surface area contributed by atoms with E-state index in [2.05, 4.69) is 121 Å². The highest BCUT2D eigenvalue weighted by molar-refractivity contribution is 6.27. The molecule has 4 aromatic rings. The van der Waals surface area contributed by atoms with E-state index in [9.17, 15) is 0 Å². The number of unbranched alkanes of at least 4 members (excludes halogenated alkanes) is 1. The Bertz CT molecular complexity index is 952. The van der Waals surface area contributed by atoms with E-state index < -0.39 is 0 Å². The van der Waals surface area contributed by atoms with Gasteiger partial charge in [0.15, 0.2) is 0 Å². The molecule has 0 aliphatic rings. The Morgan fingerprint density at radius 3 is 1.00 bits per heavy atom. The van der Waals surface area contributed by atoms with Crippen molar-refractivity contribution in [2.75, 3.05) is 13.2 Å². The SMILES string of the molecule is c1ccc(C(CCO[Si]CCCC[Si]OCCC(c2ccccc2)c2ccccc2)c2ccccc2)cc1. The molecule has 0 bridgehead atoms. The Morgan fingerprint density at radius 1 is 0.421 bits per heavy atom. The molecule has 194 valence electrons. The van der Waals surface area contributed by atoms with Gasteiger partial charge in [-0.2, -0.15) is 0 Å². The van der Waals surface area contributed by atoms with E-state index in [1.807, 2.05) is 0 Å². The fourth-order valence-electron chi connectivity index (χ4n) is 4.83. The zero-order chi connectivity index (χ0) is 26.1. The molecule has 0 N–H and O–H groups in total. The minimum Gasteiger partial charge on any atom is -0.417 e. The molecule has 0 saturated heterocycles. The number of benzene rings is 4. The Kier molecular flexibility index (Phi) is 12.6. The first-order chi connectivity index (χ1) is 18.9. The predicted molar refractivity (Wildman–Crippen MR) is 161 cm³/mol. The minimum absolute atomic E-state index is 0.393. The lowest BCUT2D eigenvalue weighted by atomic mass is 9.89. The summed E-state index contributed by atoms with van der Waals surface area (Å²) in [4.78, 5) is 0. The van der Waals surface area contributed by atoms with Crippen molar-refractivity contribution in [2.24, 2.45) is 0 Å². The van der Waals surface area contributed by atoms with Crippen molar-refractivity contribution >= 4 is 19.5 Å². The van der Waals surface area contributed by atoms with Gasteiger partial charge in [0.1, 0.15) is 0 Å². The molecule has 4 rings (SSSR count). The van der Waals surface area contributed by atoms with Crippen LogP contribution in [0.25, 0.3) is 0 Å². The summed E-state index contributed by atoms with van der Waals surface area (Å²) in [6.45, 7) is 1.61. The summed E-state index contributed by atoms with van der Waals surface area (Å²) in [5, 5.41) is 0. The van der Waals surface area contributed by atoms with E-state index in [1.54, 1.807) is 0 Å². The van der Waals surface area contributed by atoms with Crippen LogP contribution in [-0.2, 0) is 8.85 Å². The highest BCUT2D eigenvalue weighted by Crippen LogP contribution is 2.28. The monoisotopic (exact) mass is 534 g/mol. The molecule has 0 atom stereocenters. The summed E-state index contributed by atoms with van der Waals surface area (Å²) in [6, 6.07) is 45.5. The molecule has 0 aromatic heterocycles. The van der Waals surface area contributed by atoms with Crippen molar-refractivity contribution in [3.63, 3.8) is 0 Å². The summed E-state index contributed by atoms with van der Waals surface area (Å²) < 4.78 is 12.1. The van der Waals surface area contributed by atoms with Crippen molar-refractivity contribution in [1.29, 1.82) is 0 Å². The van der Waals surface area contributed by atoms with E-state index >= 15 is 0 Å². The first-order valence-corrected chi connectivity index (χ1v) is 16.0. The van der Waals surface area contributed by atoms with Gasteiger partial charge in [-0.3, -0.25) is 0 Å². The van der Waals surface area contributed by atoms with Crippen LogP contribution in [0, 0.1) is 0 Å². The van der Waals surface area contributed by atoms with Crippen LogP contribution in [0.2, 0.25) is 12.1 Å². The molecule has 4 aromatic carbocycles. The van der Waals surface area contributed by atoms with Crippen molar-refractivity contribution in [1.82, 2.24) is 0 Å². The van der Waals surface area contributed by atoms with Gasteiger partial charge in [-0.25, -0.2) is 0 Å². The highest BCUT2D eigenvalue weighted by Gasteiger charge is 2.14. The van der Waals surface area contributed by atoms with Crippen LogP contribution in [0.3, 0.4) is 0 Å². The molecule has 0 unspecified atom stereocenters. The third kappa shape index (κ3) is 9.52. The Labute approximate surface area is 234 Å². The van der Waals surface area contributed by atoms with E-state index in [0.717, 1.165) is 38.1 Å². The van der Waals surface area contributed by atoms with Gasteiger partial charge in [0.25, 0.3) is 0 Å². The molecule has 38 heavy (non-hydrogen) atoms. The lowest BCUT2D eigenvalue weighted by Gasteiger charge is -2.18. The van der Waals surface area contributed by atoms with Gasteiger partial charge in [0.05, 0.1) is 0 Å². The maximum absolute atomic E-state index is 6.06. The normalized spacial score (nSPS) is 11.3. The molecule has 0 aliphatic heterocycles. The summed E-state index contributed by atoms with van der Waals surface area (Å²) >= 11 is 0. The largest absolute Gasteiger partial charge is 0.417 e. The predicted octanol–water partition coefficient (Wildman–Crippen LogP) is 8.32. The van der Waals surface area contributed by atoms with E-state index in [-0.39, 0.29) is 0 Å². The molecule has 0 amide bonds. The molecule has 0 heterocycles. The van der Waals surface area contributed by atoms with Gasteiger partial charge in [0.2, 0.25) is 19.5 Å². The summed E-state index contributed by atoms with van der Waals surface area (Å²) in [5.74, 6) is 0.785. The van der Waals surface area contributed by atoms with Crippen LogP contribution in [-0.4, -0.2) is 32.7 Å². The smallest absolute Gasteiger partial charge is 0.229 e. The lowest BCUT2D eigenvalue weighted by Crippen LogP contribution is -2.08. The van der Waals surface area contributed by atoms with Gasteiger partial charge in [-0.05, 0) is 47.2 Å². The van der Waals surface area contributed by atoms with Gasteiger partial charge < -0.3 is 8.85 Å². The highest BCUT2D eigenvalue weighted by atomic mass is 28.2. The number of hydrogen-bond acceptors (Lipinski definition) is 2. The topological polar surface area (TPSA) is 18.5 Å². The standard InChI is InChI=1S/C34H38O2Si2/c1-5-15-29(16-6-1)33(30-17-7-2-8-18-30)23-25-35-37-27-13-14-28-38-36-26-24-34(31-19-9-3-10-20-31)32-21-11-4-12-22-32/h1-12,15-22,33-34H,13-14,23-28H2. The van der Waals surface area contributed by atoms with E-state index in [4.69, 9.17) is 8.85 Å². The first kappa shape index (κ1) is 28.2. The van der Waals surface area contributed by atoms with Crippen LogP contribution >= 0.6 is 0 Å². The maximum atomic E-state index is 6.06. The first-order valence-electron chi connectivity index (χ1n) is 13.8. The van der Waals surface area contributed by atoms with Crippen molar-refractivity contribution in [3.8, 4) is 0 Å². The minimum atomic E-state index is 0.393. The fraction of sp³-hybridized carbons (Fsp3) is 0.294. The Morgan fingerprint density at radius 2 is 0.711 bits per heavy atom. The second kappa shape index (κ2) is 16.9. The van der Waals surface area contributed by atoms with Crippen molar-refractivity contribution in [2.45, 2.75) is 49.6 Å². The quantitative estimate of drug-likeness (QED) is 0.100. The van der Waals surface area contributed by atoms with Crippen LogP contribution in [0.15, 0.2) is 121 Å². The summed E-state index contributed by atoms with van der Waals surface area (Å²) in [7, 11) is 1.17. The number of hydrogen-bond donors (Lipinski definition) is 0. The molecular formula is C34H38O2Si2. The molecular weight excluding hydrogens is 497 g/mol. The second-order valence-electron chi connectivity index (χ2n) is 9.52. The van der Waals surface area contributed by atoms with Gasteiger partial charge in [0, 0.05) is 25.0 Å². The molecule has 0 fully saturated rings. The zero-order valence-electron chi connectivity index (χ0n) is 22.2.